The first kappa shape index (κ1) is 22.9. The molecule has 3 rings (SSSR count). The number of amides is 2. The van der Waals surface area contributed by atoms with Crippen molar-refractivity contribution in [1.29, 1.82) is 0 Å². The molecule has 0 saturated carbocycles. The summed E-state index contributed by atoms with van der Waals surface area (Å²) in [7, 11) is 0. The van der Waals surface area contributed by atoms with Crippen LogP contribution >= 0.6 is 11.6 Å². The molecule has 31 heavy (non-hydrogen) atoms. The van der Waals surface area contributed by atoms with Crippen LogP contribution in [0.25, 0.3) is 0 Å². The fourth-order valence-corrected chi connectivity index (χ4v) is 4.09. The summed E-state index contributed by atoms with van der Waals surface area (Å²) in [5, 5.41) is 6.54. The van der Waals surface area contributed by atoms with Gasteiger partial charge in [-0.25, -0.2) is 0 Å². The molecule has 1 aromatic rings. The molecule has 8 nitrogen and oxygen atoms in total. The molecule has 0 spiro atoms. The van der Waals surface area contributed by atoms with Crippen molar-refractivity contribution in [3.05, 3.63) is 28.3 Å². The van der Waals surface area contributed by atoms with Gasteiger partial charge in [0, 0.05) is 38.3 Å². The maximum Gasteiger partial charge on any atom is 0.308 e. The minimum atomic E-state index is -0.781. The monoisotopic (exact) mass is 446 g/mol. The van der Waals surface area contributed by atoms with E-state index in [2.05, 4.69) is 21.5 Å². The molecule has 1 saturated heterocycles. The van der Waals surface area contributed by atoms with Crippen molar-refractivity contribution in [2.75, 3.05) is 50.8 Å². The molecule has 0 radical (unpaired) electrons. The van der Waals surface area contributed by atoms with Gasteiger partial charge in [0.05, 0.1) is 30.3 Å². The molecule has 1 atom stereocenters. The van der Waals surface area contributed by atoms with Gasteiger partial charge < -0.3 is 25.2 Å². The van der Waals surface area contributed by atoms with Gasteiger partial charge in [0.25, 0.3) is 5.91 Å². The minimum absolute atomic E-state index is 0.112. The third-order valence-electron chi connectivity index (χ3n) is 5.35. The molecule has 0 bridgehead atoms. The number of nitrogens with zero attached hydrogens (tertiary/aromatic N) is 2. The smallest absolute Gasteiger partial charge is 0.308 e. The molecule has 2 aliphatic rings. The van der Waals surface area contributed by atoms with E-state index in [1.807, 2.05) is 12.1 Å². The number of hydrogen-bond donors (Lipinski definition) is 2. The van der Waals surface area contributed by atoms with Crippen LogP contribution < -0.4 is 15.5 Å². The summed E-state index contributed by atoms with van der Waals surface area (Å²) in [5.41, 5.74) is 2.29. The van der Waals surface area contributed by atoms with E-state index >= 15 is 0 Å². The number of terminal acetylenes is 1. The third-order valence-corrected chi connectivity index (χ3v) is 5.65. The largest absolute Gasteiger partial charge is 0.466 e. The fourth-order valence-electron chi connectivity index (χ4n) is 3.79. The van der Waals surface area contributed by atoms with Crippen LogP contribution in [-0.4, -0.2) is 74.6 Å². The zero-order chi connectivity index (χ0) is 22.4. The second kappa shape index (κ2) is 10.5. The summed E-state index contributed by atoms with van der Waals surface area (Å²) in [5.74, 6) is 1.26. The van der Waals surface area contributed by atoms with Crippen molar-refractivity contribution in [3.63, 3.8) is 0 Å². The lowest BCUT2D eigenvalue weighted by molar-refractivity contribution is -0.143. The molecule has 2 N–H and O–H groups in total. The van der Waals surface area contributed by atoms with E-state index in [1.54, 1.807) is 6.92 Å². The molecule has 0 unspecified atom stereocenters. The van der Waals surface area contributed by atoms with Gasteiger partial charge in [0.1, 0.15) is 6.04 Å². The van der Waals surface area contributed by atoms with Crippen molar-refractivity contribution in [2.45, 2.75) is 25.8 Å². The molecule has 2 amide bonds. The molecular formula is C22H27ClN4O4. The van der Waals surface area contributed by atoms with Crippen molar-refractivity contribution >= 4 is 35.1 Å². The van der Waals surface area contributed by atoms with Crippen LogP contribution in [0.2, 0.25) is 5.02 Å². The first-order valence-corrected chi connectivity index (χ1v) is 10.8. The van der Waals surface area contributed by atoms with Crippen molar-refractivity contribution < 1.29 is 19.1 Å². The highest BCUT2D eigenvalue weighted by Gasteiger charge is 2.29. The van der Waals surface area contributed by atoms with Gasteiger partial charge in [0.2, 0.25) is 5.91 Å². The summed E-state index contributed by atoms with van der Waals surface area (Å²) in [6.07, 6.45) is 5.91. The molecular weight excluding hydrogens is 420 g/mol. The number of hydrogen-bond acceptors (Lipinski definition) is 6. The third kappa shape index (κ3) is 5.69. The molecule has 2 aliphatic heterocycles. The number of anilines is 1. The highest BCUT2D eigenvalue weighted by atomic mass is 35.5. The molecule has 2 heterocycles. The Morgan fingerprint density at radius 3 is 2.74 bits per heavy atom. The van der Waals surface area contributed by atoms with Gasteiger partial charge >= 0.3 is 5.97 Å². The predicted molar refractivity (Wildman–Crippen MR) is 118 cm³/mol. The number of nitrogens with one attached hydrogen (secondary N) is 2. The van der Waals surface area contributed by atoms with Crippen LogP contribution in [0.3, 0.4) is 0 Å². The van der Waals surface area contributed by atoms with E-state index in [0.29, 0.717) is 23.6 Å². The number of halogens is 1. The van der Waals surface area contributed by atoms with E-state index in [1.165, 1.54) is 4.90 Å². The van der Waals surface area contributed by atoms with E-state index in [9.17, 15) is 14.4 Å². The van der Waals surface area contributed by atoms with Gasteiger partial charge in [0.15, 0.2) is 0 Å². The highest BCUT2D eigenvalue weighted by molar-refractivity contribution is 6.33. The number of benzene rings is 1. The van der Waals surface area contributed by atoms with Gasteiger partial charge in [-0.3, -0.25) is 14.4 Å². The Kier molecular flexibility index (Phi) is 7.77. The van der Waals surface area contributed by atoms with Crippen LogP contribution in [0.15, 0.2) is 12.1 Å². The topological polar surface area (TPSA) is 91.0 Å². The molecule has 0 aromatic heterocycles. The summed E-state index contributed by atoms with van der Waals surface area (Å²) in [4.78, 5) is 40.8. The van der Waals surface area contributed by atoms with Crippen molar-refractivity contribution in [1.82, 2.24) is 15.5 Å². The van der Waals surface area contributed by atoms with Gasteiger partial charge in [-0.1, -0.05) is 17.5 Å². The molecule has 0 aliphatic carbocycles. The first-order chi connectivity index (χ1) is 14.9. The maximum absolute atomic E-state index is 13.1. The minimum Gasteiger partial charge on any atom is -0.466 e. The van der Waals surface area contributed by atoms with Crippen molar-refractivity contribution in [3.8, 4) is 12.3 Å². The Bertz CT molecular complexity index is 892. The molecule has 9 heteroatoms. The second-order valence-electron chi connectivity index (χ2n) is 7.47. The Labute approximate surface area is 187 Å². The quantitative estimate of drug-likeness (QED) is 0.476. The number of fused-ring (bicyclic) bond motifs is 1. The lowest BCUT2D eigenvalue weighted by atomic mass is 9.97. The van der Waals surface area contributed by atoms with E-state index in [0.717, 1.165) is 37.4 Å². The first-order valence-electron chi connectivity index (χ1n) is 10.4. The maximum atomic E-state index is 13.1. The molecule has 166 valence electrons. The molecule has 1 fully saturated rings. The Hall–Kier alpha value is -2.76. The van der Waals surface area contributed by atoms with Crippen LogP contribution in [0.1, 0.15) is 29.3 Å². The lowest BCUT2D eigenvalue weighted by Gasteiger charge is -2.33. The van der Waals surface area contributed by atoms with Gasteiger partial charge in [-0.2, -0.15) is 0 Å². The number of piperazine rings is 1. The number of carbonyl (C=O) groups is 3. The zero-order valence-electron chi connectivity index (χ0n) is 17.6. The Morgan fingerprint density at radius 1 is 1.32 bits per heavy atom. The highest BCUT2D eigenvalue weighted by Crippen LogP contribution is 2.32. The second-order valence-corrected chi connectivity index (χ2v) is 7.88. The SMILES string of the molecule is C#C[C@H](CC(=O)OCC)NC(=O)CN1CCc2cc(Cl)c(N3CCNCC3)cc2C1=O. The van der Waals surface area contributed by atoms with E-state index in [4.69, 9.17) is 22.8 Å². The van der Waals surface area contributed by atoms with Crippen LogP contribution in [0.5, 0.6) is 0 Å². The van der Waals surface area contributed by atoms with Crippen LogP contribution in [-0.2, 0) is 20.7 Å². The number of rotatable bonds is 7. The normalized spacial score (nSPS) is 16.9. The standard InChI is InChI=1S/C22H27ClN4O4/c1-3-16(12-21(29)31-4-2)25-20(28)14-27-8-5-15-11-18(23)19(13-17(15)22(27)30)26-9-6-24-7-10-26/h1,11,13,16,24H,4-10,12,14H2,2H3,(H,25,28)/t16-/m1/s1. The van der Waals surface area contributed by atoms with Crippen LogP contribution in [0, 0.1) is 12.3 Å². The zero-order valence-corrected chi connectivity index (χ0v) is 18.3. The summed E-state index contributed by atoms with van der Waals surface area (Å²) in [6.45, 7) is 5.55. The summed E-state index contributed by atoms with van der Waals surface area (Å²) in [6, 6.07) is 2.91. The predicted octanol–water partition coefficient (Wildman–Crippen LogP) is 0.819. The van der Waals surface area contributed by atoms with Crippen LogP contribution in [0.4, 0.5) is 5.69 Å². The average molecular weight is 447 g/mol. The summed E-state index contributed by atoms with van der Waals surface area (Å²) < 4.78 is 4.86. The Morgan fingerprint density at radius 2 is 2.06 bits per heavy atom. The van der Waals surface area contributed by atoms with Gasteiger partial charge in [-0.15, -0.1) is 6.42 Å². The number of ether oxygens (including phenoxy) is 1. The summed E-state index contributed by atoms with van der Waals surface area (Å²) >= 11 is 6.49. The average Bonchev–Trinajstić information content (AvgIpc) is 2.75. The van der Waals surface area contributed by atoms with E-state index < -0.39 is 17.9 Å². The molecule has 1 aromatic carbocycles. The Balaban J connectivity index is 1.66. The fraction of sp³-hybridized carbons (Fsp3) is 0.500. The number of carbonyl (C=O) groups excluding carboxylic acids is 3. The van der Waals surface area contributed by atoms with Crippen molar-refractivity contribution in [2.24, 2.45) is 0 Å². The number of esters is 1. The lowest BCUT2D eigenvalue weighted by Crippen LogP contribution is -2.47. The van der Waals surface area contributed by atoms with Gasteiger partial charge in [-0.05, 0) is 31.0 Å². The van der Waals surface area contributed by atoms with E-state index in [-0.39, 0.29) is 25.5 Å².